The number of nitrogens with one attached hydrogen (secondary N) is 1. The van der Waals surface area contributed by atoms with Crippen LogP contribution >= 0.6 is 0 Å². The van der Waals surface area contributed by atoms with E-state index in [9.17, 15) is 4.39 Å². The summed E-state index contributed by atoms with van der Waals surface area (Å²) in [6.45, 7) is 0. The van der Waals surface area contributed by atoms with Crippen LogP contribution in [-0.2, 0) is 0 Å². The van der Waals surface area contributed by atoms with Crippen molar-refractivity contribution < 1.29 is 9.13 Å². The third kappa shape index (κ3) is 2.86. The zero-order valence-corrected chi connectivity index (χ0v) is 12.5. The fraction of sp³-hybridized carbons (Fsp3) is 0.368. The van der Waals surface area contributed by atoms with Crippen molar-refractivity contribution in [1.82, 2.24) is 5.32 Å². The minimum Gasteiger partial charge on any atom is -0.490 e. The zero-order valence-electron chi connectivity index (χ0n) is 12.5. The molecule has 2 heterocycles. The molecule has 4 rings (SSSR count). The maximum Gasteiger partial charge on any atom is 0.123 e. The highest BCUT2D eigenvalue weighted by molar-refractivity contribution is 5.65. The van der Waals surface area contributed by atoms with Gasteiger partial charge in [0, 0.05) is 12.1 Å². The first-order valence-electron chi connectivity index (χ1n) is 8.05. The van der Waals surface area contributed by atoms with Crippen molar-refractivity contribution in [2.45, 2.75) is 43.9 Å². The van der Waals surface area contributed by atoms with Gasteiger partial charge in [-0.3, -0.25) is 0 Å². The highest BCUT2D eigenvalue weighted by atomic mass is 19.1. The van der Waals surface area contributed by atoms with Gasteiger partial charge < -0.3 is 10.1 Å². The van der Waals surface area contributed by atoms with Crippen LogP contribution in [0.4, 0.5) is 4.39 Å². The molecule has 2 fully saturated rings. The molecule has 3 atom stereocenters. The topological polar surface area (TPSA) is 21.3 Å². The van der Waals surface area contributed by atoms with Crippen LogP contribution in [0.25, 0.3) is 11.1 Å². The minimum absolute atomic E-state index is 0.209. The Morgan fingerprint density at radius 1 is 0.909 bits per heavy atom. The van der Waals surface area contributed by atoms with E-state index in [2.05, 4.69) is 5.32 Å². The van der Waals surface area contributed by atoms with E-state index in [0.717, 1.165) is 29.7 Å². The Labute approximate surface area is 130 Å². The van der Waals surface area contributed by atoms with Gasteiger partial charge in [-0.05, 0) is 61.1 Å². The van der Waals surface area contributed by atoms with E-state index in [1.165, 1.54) is 18.9 Å². The van der Waals surface area contributed by atoms with Crippen molar-refractivity contribution in [3.8, 4) is 16.9 Å². The molecule has 2 bridgehead atoms. The molecule has 0 radical (unpaired) electrons. The van der Waals surface area contributed by atoms with Crippen LogP contribution in [0.15, 0.2) is 48.5 Å². The van der Waals surface area contributed by atoms with Gasteiger partial charge in [0.05, 0.1) is 0 Å². The van der Waals surface area contributed by atoms with Crippen molar-refractivity contribution in [2.24, 2.45) is 0 Å². The summed E-state index contributed by atoms with van der Waals surface area (Å²) >= 11 is 0. The van der Waals surface area contributed by atoms with Crippen LogP contribution in [0.3, 0.4) is 0 Å². The number of halogens is 1. The molecule has 22 heavy (non-hydrogen) atoms. The lowest BCUT2D eigenvalue weighted by atomic mass is 10.0. The van der Waals surface area contributed by atoms with Crippen LogP contribution in [0, 0.1) is 5.82 Å². The first kappa shape index (κ1) is 13.8. The number of hydrogen-bond donors (Lipinski definition) is 1. The summed E-state index contributed by atoms with van der Waals surface area (Å²) in [5, 5.41) is 3.63. The molecule has 0 aliphatic carbocycles. The molecule has 2 aromatic carbocycles. The molecule has 1 unspecified atom stereocenters. The maximum atomic E-state index is 13.4. The van der Waals surface area contributed by atoms with E-state index in [4.69, 9.17) is 4.74 Å². The van der Waals surface area contributed by atoms with Gasteiger partial charge in [-0.25, -0.2) is 4.39 Å². The number of rotatable bonds is 3. The zero-order chi connectivity index (χ0) is 14.9. The molecule has 2 nitrogen and oxygen atoms in total. The lowest BCUT2D eigenvalue weighted by Gasteiger charge is -2.29. The van der Waals surface area contributed by atoms with Gasteiger partial charge in [0.15, 0.2) is 0 Å². The lowest BCUT2D eigenvalue weighted by molar-refractivity contribution is 0.137. The summed E-state index contributed by atoms with van der Waals surface area (Å²) in [6, 6.07) is 15.9. The molecule has 2 aliphatic heterocycles. The Morgan fingerprint density at radius 2 is 1.59 bits per heavy atom. The lowest BCUT2D eigenvalue weighted by Crippen LogP contribution is -2.42. The largest absolute Gasteiger partial charge is 0.490 e. The van der Waals surface area contributed by atoms with E-state index in [1.54, 1.807) is 12.1 Å². The quantitative estimate of drug-likeness (QED) is 0.918. The van der Waals surface area contributed by atoms with Gasteiger partial charge in [0.1, 0.15) is 17.7 Å². The second-order valence-electron chi connectivity index (χ2n) is 6.39. The fourth-order valence-electron chi connectivity index (χ4n) is 3.71. The standard InChI is InChI=1S/C19H20FNO/c20-15-5-1-3-13(9-15)14-4-2-6-18(10-14)22-19-11-16-7-8-17(12-19)21-16/h1-6,9-10,16-17,19,21H,7-8,11-12H2/t16-,17+,19?. The van der Waals surface area contributed by atoms with E-state index in [-0.39, 0.29) is 5.82 Å². The van der Waals surface area contributed by atoms with Crippen molar-refractivity contribution in [2.75, 3.05) is 0 Å². The summed E-state index contributed by atoms with van der Waals surface area (Å²) < 4.78 is 19.6. The third-order valence-corrected chi connectivity index (χ3v) is 4.72. The van der Waals surface area contributed by atoms with E-state index in [1.807, 2.05) is 30.3 Å². The second kappa shape index (κ2) is 5.73. The first-order valence-corrected chi connectivity index (χ1v) is 8.05. The van der Waals surface area contributed by atoms with Crippen molar-refractivity contribution in [3.63, 3.8) is 0 Å². The monoisotopic (exact) mass is 297 g/mol. The predicted octanol–water partition coefficient (Wildman–Crippen LogP) is 4.15. The molecule has 2 aliphatic rings. The van der Waals surface area contributed by atoms with Gasteiger partial charge in [0.2, 0.25) is 0 Å². The second-order valence-corrected chi connectivity index (χ2v) is 6.39. The average Bonchev–Trinajstić information content (AvgIpc) is 2.86. The SMILES string of the molecule is Fc1cccc(-c2cccc(OC3C[C@H]4CC[C@@H](C3)N4)c2)c1. The van der Waals surface area contributed by atoms with E-state index >= 15 is 0 Å². The predicted molar refractivity (Wildman–Crippen MR) is 85.4 cm³/mol. The molecular weight excluding hydrogens is 277 g/mol. The summed E-state index contributed by atoms with van der Waals surface area (Å²) in [4.78, 5) is 0. The van der Waals surface area contributed by atoms with Crippen molar-refractivity contribution in [1.29, 1.82) is 0 Å². The molecule has 3 heteroatoms. The first-order chi connectivity index (χ1) is 10.8. The van der Waals surface area contributed by atoms with Crippen molar-refractivity contribution >= 4 is 0 Å². The molecule has 1 N–H and O–H groups in total. The summed E-state index contributed by atoms with van der Waals surface area (Å²) in [5.74, 6) is 0.673. The Bertz CT molecular complexity index is 660. The Kier molecular flexibility index (Phi) is 3.59. The molecule has 0 saturated carbocycles. The van der Waals surface area contributed by atoms with Crippen LogP contribution in [0.5, 0.6) is 5.75 Å². The van der Waals surface area contributed by atoms with Crippen LogP contribution in [-0.4, -0.2) is 18.2 Å². The smallest absolute Gasteiger partial charge is 0.123 e. The van der Waals surface area contributed by atoms with Gasteiger partial charge in [-0.15, -0.1) is 0 Å². The maximum absolute atomic E-state index is 13.4. The van der Waals surface area contributed by atoms with E-state index < -0.39 is 0 Å². The van der Waals surface area contributed by atoms with Gasteiger partial charge in [-0.2, -0.15) is 0 Å². The number of benzene rings is 2. The Morgan fingerprint density at radius 3 is 2.32 bits per heavy atom. The number of hydrogen-bond acceptors (Lipinski definition) is 2. The molecule has 114 valence electrons. The Hall–Kier alpha value is -1.87. The molecule has 0 aromatic heterocycles. The molecule has 2 aromatic rings. The number of fused-ring (bicyclic) bond motifs is 2. The molecule has 0 amide bonds. The minimum atomic E-state index is -0.209. The fourth-order valence-corrected chi connectivity index (χ4v) is 3.71. The average molecular weight is 297 g/mol. The van der Waals surface area contributed by atoms with Crippen LogP contribution in [0.2, 0.25) is 0 Å². The highest BCUT2D eigenvalue weighted by Gasteiger charge is 2.34. The Balaban J connectivity index is 1.52. The molecule has 2 saturated heterocycles. The number of piperidine rings is 1. The normalized spacial score (nSPS) is 26.9. The van der Waals surface area contributed by atoms with Crippen LogP contribution in [0.1, 0.15) is 25.7 Å². The van der Waals surface area contributed by atoms with E-state index in [0.29, 0.717) is 18.2 Å². The third-order valence-electron chi connectivity index (χ3n) is 4.72. The van der Waals surface area contributed by atoms with Crippen LogP contribution < -0.4 is 10.1 Å². The summed E-state index contributed by atoms with van der Waals surface area (Å²) in [6.07, 6.45) is 5.00. The van der Waals surface area contributed by atoms with Crippen molar-refractivity contribution in [3.05, 3.63) is 54.3 Å². The van der Waals surface area contributed by atoms with Gasteiger partial charge >= 0.3 is 0 Å². The van der Waals surface area contributed by atoms with Gasteiger partial charge in [0.25, 0.3) is 0 Å². The van der Waals surface area contributed by atoms with Gasteiger partial charge in [-0.1, -0.05) is 24.3 Å². The number of ether oxygens (including phenoxy) is 1. The molecule has 0 spiro atoms. The summed E-state index contributed by atoms with van der Waals surface area (Å²) in [5.41, 5.74) is 1.88. The summed E-state index contributed by atoms with van der Waals surface area (Å²) in [7, 11) is 0. The highest BCUT2D eigenvalue weighted by Crippen LogP contribution is 2.31. The molecular formula is C19H20FNO.